The highest BCUT2D eigenvalue weighted by molar-refractivity contribution is 5.75. The summed E-state index contributed by atoms with van der Waals surface area (Å²) in [7, 11) is 2.10. The second-order valence-electron chi connectivity index (χ2n) is 6.14. The molecule has 2 aliphatic rings. The Hall–Kier alpha value is -0.570. The number of rotatable bonds is 5. The zero-order valence-corrected chi connectivity index (χ0v) is 11.1. The standard InChI is InChI=1S/C14H25NO2/c1-11(12-6-7-12)15(2)10-14(13(16)17)8-4-3-5-9-14/h11-12H,3-10H2,1-2H3,(H,16,17). The molecule has 1 unspecified atom stereocenters. The Bertz CT molecular complexity index is 280. The number of aliphatic carboxylic acids is 1. The highest BCUT2D eigenvalue weighted by atomic mass is 16.4. The van der Waals surface area contributed by atoms with Crippen LogP contribution < -0.4 is 0 Å². The minimum absolute atomic E-state index is 0.462. The lowest BCUT2D eigenvalue weighted by atomic mass is 9.73. The SMILES string of the molecule is CC(C1CC1)N(C)CC1(C(=O)O)CCCCC1. The highest BCUT2D eigenvalue weighted by Gasteiger charge is 2.42. The van der Waals surface area contributed by atoms with Gasteiger partial charge < -0.3 is 10.0 Å². The zero-order chi connectivity index (χ0) is 12.5. The fourth-order valence-corrected chi connectivity index (χ4v) is 3.23. The minimum atomic E-state index is -0.577. The van der Waals surface area contributed by atoms with Crippen LogP contribution in [0.4, 0.5) is 0 Å². The first-order chi connectivity index (χ1) is 8.05. The molecule has 0 bridgehead atoms. The molecule has 2 aliphatic carbocycles. The van der Waals surface area contributed by atoms with E-state index in [0.29, 0.717) is 6.04 Å². The molecule has 0 aromatic heterocycles. The summed E-state index contributed by atoms with van der Waals surface area (Å²) < 4.78 is 0. The van der Waals surface area contributed by atoms with Crippen LogP contribution in [-0.4, -0.2) is 35.6 Å². The first-order valence-corrected chi connectivity index (χ1v) is 6.99. The quantitative estimate of drug-likeness (QED) is 0.802. The average Bonchev–Trinajstić information content (AvgIpc) is 3.13. The summed E-state index contributed by atoms with van der Waals surface area (Å²) in [6, 6.07) is 0.549. The Morgan fingerprint density at radius 3 is 2.41 bits per heavy atom. The minimum Gasteiger partial charge on any atom is -0.481 e. The van der Waals surface area contributed by atoms with Crippen molar-refractivity contribution in [1.82, 2.24) is 4.90 Å². The van der Waals surface area contributed by atoms with Gasteiger partial charge in [0.25, 0.3) is 0 Å². The van der Waals surface area contributed by atoms with Gasteiger partial charge in [-0.2, -0.15) is 0 Å². The summed E-state index contributed by atoms with van der Waals surface area (Å²) in [4.78, 5) is 13.9. The summed E-state index contributed by atoms with van der Waals surface area (Å²) in [5.74, 6) is 0.237. The molecular formula is C14H25NO2. The Labute approximate surface area is 104 Å². The molecule has 0 saturated heterocycles. The van der Waals surface area contributed by atoms with E-state index in [1.54, 1.807) is 0 Å². The predicted molar refractivity (Wildman–Crippen MR) is 68.0 cm³/mol. The van der Waals surface area contributed by atoms with Gasteiger partial charge in [-0.1, -0.05) is 19.3 Å². The first-order valence-electron chi connectivity index (χ1n) is 6.99. The van der Waals surface area contributed by atoms with Gasteiger partial charge in [0.1, 0.15) is 0 Å². The second-order valence-corrected chi connectivity index (χ2v) is 6.14. The molecule has 1 N–H and O–H groups in total. The summed E-state index contributed by atoms with van der Waals surface area (Å²) in [6.07, 6.45) is 7.75. The van der Waals surface area contributed by atoms with Crippen molar-refractivity contribution in [3.05, 3.63) is 0 Å². The summed E-state index contributed by atoms with van der Waals surface area (Å²) in [5, 5.41) is 9.55. The second kappa shape index (κ2) is 4.97. The topological polar surface area (TPSA) is 40.5 Å². The van der Waals surface area contributed by atoms with E-state index in [0.717, 1.165) is 38.1 Å². The molecule has 3 heteroatoms. The summed E-state index contributed by atoms with van der Waals surface area (Å²) in [6.45, 7) is 2.98. The Morgan fingerprint density at radius 1 is 1.35 bits per heavy atom. The lowest BCUT2D eigenvalue weighted by Crippen LogP contribution is -2.46. The van der Waals surface area contributed by atoms with Gasteiger partial charge in [0.15, 0.2) is 0 Å². The molecule has 17 heavy (non-hydrogen) atoms. The predicted octanol–water partition coefficient (Wildman–Crippen LogP) is 2.75. The zero-order valence-electron chi connectivity index (χ0n) is 11.1. The van der Waals surface area contributed by atoms with Crippen molar-refractivity contribution in [3.8, 4) is 0 Å². The van der Waals surface area contributed by atoms with Crippen molar-refractivity contribution >= 4 is 5.97 Å². The third-order valence-electron chi connectivity index (χ3n) is 4.82. The van der Waals surface area contributed by atoms with E-state index >= 15 is 0 Å². The Kier molecular flexibility index (Phi) is 3.76. The van der Waals surface area contributed by atoms with Crippen LogP contribution >= 0.6 is 0 Å². The molecule has 0 aliphatic heterocycles. The van der Waals surface area contributed by atoms with Crippen LogP contribution in [0.1, 0.15) is 51.9 Å². The number of nitrogens with zero attached hydrogens (tertiary/aromatic N) is 1. The third-order valence-corrected chi connectivity index (χ3v) is 4.82. The third kappa shape index (κ3) is 2.82. The van der Waals surface area contributed by atoms with Crippen molar-refractivity contribution < 1.29 is 9.90 Å². The molecule has 0 amide bonds. The molecule has 0 aromatic rings. The largest absolute Gasteiger partial charge is 0.481 e. The van der Waals surface area contributed by atoms with E-state index in [1.807, 2.05) is 0 Å². The fourth-order valence-electron chi connectivity index (χ4n) is 3.23. The number of carboxylic acid groups (broad SMARTS) is 1. The average molecular weight is 239 g/mol. The van der Waals surface area contributed by atoms with E-state index in [2.05, 4.69) is 18.9 Å². The van der Waals surface area contributed by atoms with Gasteiger partial charge in [-0.05, 0) is 45.6 Å². The van der Waals surface area contributed by atoms with Crippen molar-refractivity contribution in [2.45, 2.75) is 57.9 Å². The van der Waals surface area contributed by atoms with Gasteiger partial charge >= 0.3 is 5.97 Å². The van der Waals surface area contributed by atoms with Crippen LogP contribution in [0.15, 0.2) is 0 Å². The molecular weight excluding hydrogens is 214 g/mol. The highest BCUT2D eigenvalue weighted by Crippen LogP contribution is 2.40. The van der Waals surface area contributed by atoms with Crippen LogP contribution in [-0.2, 0) is 4.79 Å². The molecule has 3 nitrogen and oxygen atoms in total. The number of carboxylic acids is 1. The van der Waals surface area contributed by atoms with Crippen molar-refractivity contribution in [3.63, 3.8) is 0 Å². The van der Waals surface area contributed by atoms with Crippen LogP contribution in [0.5, 0.6) is 0 Å². The molecule has 0 aromatic carbocycles. The van der Waals surface area contributed by atoms with E-state index in [-0.39, 0.29) is 0 Å². The normalized spacial score (nSPS) is 25.8. The summed E-state index contributed by atoms with van der Waals surface area (Å²) in [5.41, 5.74) is -0.462. The van der Waals surface area contributed by atoms with Gasteiger partial charge in [-0.3, -0.25) is 4.79 Å². The lowest BCUT2D eigenvalue weighted by Gasteiger charge is -2.38. The fraction of sp³-hybridized carbons (Fsp3) is 0.929. The Morgan fingerprint density at radius 2 is 1.94 bits per heavy atom. The first kappa shape index (κ1) is 12.9. The van der Waals surface area contributed by atoms with Crippen LogP contribution in [0.2, 0.25) is 0 Å². The van der Waals surface area contributed by atoms with Crippen LogP contribution in [0.3, 0.4) is 0 Å². The van der Waals surface area contributed by atoms with E-state index in [4.69, 9.17) is 0 Å². The molecule has 0 heterocycles. The summed E-state index contributed by atoms with van der Waals surface area (Å²) >= 11 is 0. The van der Waals surface area contributed by atoms with E-state index in [9.17, 15) is 9.90 Å². The molecule has 1 atom stereocenters. The molecule has 98 valence electrons. The Balaban J connectivity index is 1.98. The van der Waals surface area contributed by atoms with Crippen LogP contribution in [0, 0.1) is 11.3 Å². The van der Waals surface area contributed by atoms with Gasteiger partial charge in [-0.25, -0.2) is 0 Å². The van der Waals surface area contributed by atoms with Crippen molar-refractivity contribution in [2.75, 3.05) is 13.6 Å². The molecule has 2 saturated carbocycles. The van der Waals surface area contributed by atoms with E-state index in [1.165, 1.54) is 19.3 Å². The molecule has 0 radical (unpaired) electrons. The number of hydrogen-bond acceptors (Lipinski definition) is 2. The maximum absolute atomic E-state index is 11.6. The molecule has 0 spiro atoms. The van der Waals surface area contributed by atoms with E-state index < -0.39 is 11.4 Å². The number of hydrogen-bond donors (Lipinski definition) is 1. The monoisotopic (exact) mass is 239 g/mol. The van der Waals surface area contributed by atoms with Gasteiger partial charge in [0.05, 0.1) is 5.41 Å². The maximum Gasteiger partial charge on any atom is 0.310 e. The van der Waals surface area contributed by atoms with Crippen molar-refractivity contribution in [2.24, 2.45) is 11.3 Å². The van der Waals surface area contributed by atoms with Gasteiger partial charge in [0.2, 0.25) is 0 Å². The van der Waals surface area contributed by atoms with Crippen molar-refractivity contribution in [1.29, 1.82) is 0 Å². The molecule has 2 rings (SSSR count). The van der Waals surface area contributed by atoms with Gasteiger partial charge in [0, 0.05) is 12.6 Å². The van der Waals surface area contributed by atoms with Crippen LogP contribution in [0.25, 0.3) is 0 Å². The van der Waals surface area contributed by atoms with Gasteiger partial charge in [-0.15, -0.1) is 0 Å². The lowest BCUT2D eigenvalue weighted by molar-refractivity contribution is -0.152. The molecule has 2 fully saturated rings. The smallest absolute Gasteiger partial charge is 0.310 e. The number of carbonyl (C=O) groups is 1. The maximum atomic E-state index is 11.6.